The molecule has 0 saturated heterocycles. The Hall–Kier alpha value is -2.47. The quantitative estimate of drug-likeness (QED) is 0.453. The standard InChI is InChI=1S/C23H28N2O3S/c1-16-11-12-19(20(26)13-16)25-23(28)18-9-5-6-10-21(18)29-15-22(27)24-14-17-7-3-2-4-8-17/h5-6,9-13,17,26H,2-4,7-8,14-15H2,1H3,(H,24,27)(H,25,28). The molecule has 3 rings (SSSR count). The molecule has 1 fully saturated rings. The van der Waals surface area contributed by atoms with Crippen LogP contribution in [0.4, 0.5) is 5.69 Å². The smallest absolute Gasteiger partial charge is 0.256 e. The summed E-state index contributed by atoms with van der Waals surface area (Å²) in [5.74, 6) is 0.581. The van der Waals surface area contributed by atoms with Crippen LogP contribution in [0.5, 0.6) is 5.75 Å². The van der Waals surface area contributed by atoms with Crippen LogP contribution in [-0.2, 0) is 4.79 Å². The average molecular weight is 413 g/mol. The lowest BCUT2D eigenvalue weighted by Crippen LogP contribution is -2.31. The topological polar surface area (TPSA) is 78.4 Å². The van der Waals surface area contributed by atoms with Crippen LogP contribution in [0.15, 0.2) is 47.4 Å². The molecule has 0 atom stereocenters. The number of carbonyl (C=O) groups excluding carboxylic acids is 2. The summed E-state index contributed by atoms with van der Waals surface area (Å²) in [6, 6.07) is 12.3. The van der Waals surface area contributed by atoms with Crippen molar-refractivity contribution in [2.24, 2.45) is 5.92 Å². The summed E-state index contributed by atoms with van der Waals surface area (Å²) in [7, 11) is 0. The minimum absolute atomic E-state index is 0.00744. The van der Waals surface area contributed by atoms with E-state index in [4.69, 9.17) is 0 Å². The number of benzene rings is 2. The van der Waals surface area contributed by atoms with E-state index in [0.717, 1.165) is 17.0 Å². The zero-order valence-electron chi connectivity index (χ0n) is 16.7. The fourth-order valence-electron chi connectivity index (χ4n) is 3.56. The van der Waals surface area contributed by atoms with Crippen molar-refractivity contribution in [1.29, 1.82) is 0 Å². The van der Waals surface area contributed by atoms with Gasteiger partial charge in [-0.1, -0.05) is 37.5 Å². The molecular formula is C23H28N2O3S. The first kappa shape index (κ1) is 21.2. The summed E-state index contributed by atoms with van der Waals surface area (Å²) >= 11 is 1.35. The highest BCUT2D eigenvalue weighted by Gasteiger charge is 2.16. The Balaban J connectivity index is 1.56. The van der Waals surface area contributed by atoms with Crippen LogP contribution >= 0.6 is 11.8 Å². The number of thioether (sulfide) groups is 1. The van der Waals surface area contributed by atoms with E-state index < -0.39 is 0 Å². The van der Waals surface area contributed by atoms with Crippen molar-refractivity contribution in [2.45, 2.75) is 43.9 Å². The van der Waals surface area contributed by atoms with Crippen molar-refractivity contribution in [2.75, 3.05) is 17.6 Å². The summed E-state index contributed by atoms with van der Waals surface area (Å²) in [6.07, 6.45) is 6.21. The summed E-state index contributed by atoms with van der Waals surface area (Å²) < 4.78 is 0. The summed E-state index contributed by atoms with van der Waals surface area (Å²) in [5, 5.41) is 15.8. The second-order valence-electron chi connectivity index (χ2n) is 7.57. The lowest BCUT2D eigenvalue weighted by molar-refractivity contribution is -0.118. The van der Waals surface area contributed by atoms with E-state index in [2.05, 4.69) is 10.6 Å². The number of phenols is 1. The van der Waals surface area contributed by atoms with E-state index >= 15 is 0 Å². The molecule has 0 aliphatic heterocycles. The van der Waals surface area contributed by atoms with Crippen LogP contribution in [0.1, 0.15) is 48.0 Å². The first-order valence-corrected chi connectivity index (χ1v) is 11.1. The molecule has 2 aromatic carbocycles. The second-order valence-corrected chi connectivity index (χ2v) is 8.58. The van der Waals surface area contributed by atoms with Crippen molar-refractivity contribution in [3.05, 3.63) is 53.6 Å². The molecule has 2 aromatic rings. The average Bonchev–Trinajstić information content (AvgIpc) is 2.73. The Morgan fingerprint density at radius 3 is 2.62 bits per heavy atom. The van der Waals surface area contributed by atoms with Gasteiger partial charge in [0.2, 0.25) is 5.91 Å². The summed E-state index contributed by atoms with van der Waals surface area (Å²) in [4.78, 5) is 25.7. The second kappa shape index (κ2) is 10.3. The van der Waals surface area contributed by atoms with Gasteiger partial charge in [0, 0.05) is 11.4 Å². The largest absolute Gasteiger partial charge is 0.506 e. The van der Waals surface area contributed by atoms with Gasteiger partial charge in [0.05, 0.1) is 17.0 Å². The Morgan fingerprint density at radius 2 is 1.86 bits per heavy atom. The molecule has 0 spiro atoms. The number of nitrogens with one attached hydrogen (secondary N) is 2. The van der Waals surface area contributed by atoms with Crippen molar-refractivity contribution >= 4 is 29.3 Å². The van der Waals surface area contributed by atoms with Gasteiger partial charge in [0.15, 0.2) is 0 Å². The van der Waals surface area contributed by atoms with Crippen molar-refractivity contribution in [1.82, 2.24) is 5.32 Å². The molecule has 0 bridgehead atoms. The van der Waals surface area contributed by atoms with Crippen LogP contribution in [0.3, 0.4) is 0 Å². The molecule has 3 N–H and O–H groups in total. The number of aromatic hydroxyl groups is 1. The van der Waals surface area contributed by atoms with Gasteiger partial charge < -0.3 is 15.7 Å². The molecule has 2 amide bonds. The molecule has 6 heteroatoms. The molecule has 0 heterocycles. The zero-order chi connectivity index (χ0) is 20.6. The number of rotatable bonds is 7. The van der Waals surface area contributed by atoms with Crippen LogP contribution < -0.4 is 10.6 Å². The Morgan fingerprint density at radius 1 is 1.10 bits per heavy atom. The molecule has 1 aliphatic rings. The lowest BCUT2D eigenvalue weighted by Gasteiger charge is -2.21. The highest BCUT2D eigenvalue weighted by atomic mass is 32.2. The predicted molar refractivity (Wildman–Crippen MR) is 118 cm³/mol. The van der Waals surface area contributed by atoms with Gasteiger partial charge in [-0.2, -0.15) is 0 Å². The predicted octanol–water partition coefficient (Wildman–Crippen LogP) is 4.74. The molecule has 0 aromatic heterocycles. The summed E-state index contributed by atoms with van der Waals surface area (Å²) in [6.45, 7) is 2.62. The van der Waals surface area contributed by atoms with Crippen molar-refractivity contribution in [3.63, 3.8) is 0 Å². The molecule has 0 radical (unpaired) electrons. The van der Waals surface area contributed by atoms with Gasteiger partial charge in [-0.05, 0) is 55.5 Å². The van der Waals surface area contributed by atoms with Crippen LogP contribution in [0.2, 0.25) is 0 Å². The molecule has 1 saturated carbocycles. The molecular weight excluding hydrogens is 384 g/mol. The van der Waals surface area contributed by atoms with E-state index in [-0.39, 0.29) is 23.3 Å². The third-order valence-electron chi connectivity index (χ3n) is 5.20. The van der Waals surface area contributed by atoms with E-state index in [1.54, 1.807) is 24.3 Å². The normalized spacial score (nSPS) is 14.4. The van der Waals surface area contributed by atoms with Crippen LogP contribution in [0, 0.1) is 12.8 Å². The SMILES string of the molecule is Cc1ccc(NC(=O)c2ccccc2SCC(=O)NCC2CCCCC2)c(O)c1. The van der Waals surface area contributed by atoms with Crippen LogP contribution in [-0.4, -0.2) is 29.2 Å². The Kier molecular flexibility index (Phi) is 7.58. The maximum Gasteiger partial charge on any atom is 0.256 e. The minimum Gasteiger partial charge on any atom is -0.506 e. The van der Waals surface area contributed by atoms with Gasteiger partial charge >= 0.3 is 0 Å². The lowest BCUT2D eigenvalue weighted by atomic mass is 9.89. The van der Waals surface area contributed by atoms with E-state index in [9.17, 15) is 14.7 Å². The monoisotopic (exact) mass is 412 g/mol. The van der Waals surface area contributed by atoms with Crippen molar-refractivity contribution in [3.8, 4) is 5.75 Å². The fraction of sp³-hybridized carbons (Fsp3) is 0.391. The van der Waals surface area contributed by atoms with E-state index in [1.165, 1.54) is 43.9 Å². The van der Waals surface area contributed by atoms with Gasteiger partial charge in [-0.25, -0.2) is 0 Å². The van der Waals surface area contributed by atoms with Gasteiger partial charge in [-0.15, -0.1) is 11.8 Å². The van der Waals surface area contributed by atoms with E-state index in [0.29, 0.717) is 17.2 Å². The number of aryl methyl sites for hydroxylation is 1. The number of hydrogen-bond acceptors (Lipinski definition) is 4. The fourth-order valence-corrected chi connectivity index (χ4v) is 4.44. The van der Waals surface area contributed by atoms with Gasteiger partial charge in [-0.3, -0.25) is 9.59 Å². The zero-order valence-corrected chi connectivity index (χ0v) is 17.6. The van der Waals surface area contributed by atoms with Crippen LogP contribution in [0.25, 0.3) is 0 Å². The Labute approximate surface area is 176 Å². The van der Waals surface area contributed by atoms with E-state index in [1.807, 2.05) is 25.1 Å². The maximum atomic E-state index is 12.7. The Bertz CT molecular complexity index is 863. The van der Waals surface area contributed by atoms with Gasteiger partial charge in [0.1, 0.15) is 5.75 Å². The first-order valence-electron chi connectivity index (χ1n) is 10.1. The molecule has 154 valence electrons. The molecule has 1 aliphatic carbocycles. The number of amides is 2. The maximum absolute atomic E-state index is 12.7. The molecule has 0 unspecified atom stereocenters. The van der Waals surface area contributed by atoms with Crippen molar-refractivity contribution < 1.29 is 14.7 Å². The third-order valence-corrected chi connectivity index (χ3v) is 6.28. The highest BCUT2D eigenvalue weighted by molar-refractivity contribution is 8.00. The third kappa shape index (κ3) is 6.26. The first-order chi connectivity index (χ1) is 14.0. The molecule has 5 nitrogen and oxygen atoms in total. The minimum atomic E-state index is -0.310. The summed E-state index contributed by atoms with van der Waals surface area (Å²) in [5.41, 5.74) is 1.76. The molecule has 29 heavy (non-hydrogen) atoms. The number of hydrogen-bond donors (Lipinski definition) is 3. The number of phenolic OH excluding ortho intramolecular Hbond substituents is 1. The van der Waals surface area contributed by atoms with Gasteiger partial charge in [0.25, 0.3) is 5.91 Å². The highest BCUT2D eigenvalue weighted by Crippen LogP contribution is 2.27. The number of anilines is 1. The number of carbonyl (C=O) groups is 2.